The normalized spacial score (nSPS) is 10.8. The highest BCUT2D eigenvalue weighted by Gasteiger charge is 2.20. The van der Waals surface area contributed by atoms with Gasteiger partial charge in [0, 0.05) is 22.3 Å². The predicted molar refractivity (Wildman–Crippen MR) is 110 cm³/mol. The van der Waals surface area contributed by atoms with Gasteiger partial charge in [-0.05, 0) is 48.9 Å². The molecule has 0 atom stereocenters. The van der Waals surface area contributed by atoms with Crippen LogP contribution in [0.2, 0.25) is 5.02 Å². The van der Waals surface area contributed by atoms with Crippen LogP contribution >= 0.6 is 11.6 Å². The van der Waals surface area contributed by atoms with Crippen molar-refractivity contribution in [1.82, 2.24) is 4.98 Å². The van der Waals surface area contributed by atoms with E-state index in [0.717, 1.165) is 5.56 Å². The zero-order chi connectivity index (χ0) is 20.5. The van der Waals surface area contributed by atoms with Crippen molar-refractivity contribution >= 4 is 40.0 Å². The van der Waals surface area contributed by atoms with Crippen molar-refractivity contribution in [2.75, 3.05) is 5.32 Å². The number of para-hydroxylation sites is 1. The Balaban J connectivity index is 1.68. The minimum absolute atomic E-state index is 0.0150. The quantitative estimate of drug-likeness (QED) is 0.350. The number of nitro benzene ring substituents is 1. The molecule has 0 spiro atoms. The number of halogens is 1. The number of oxazole rings is 1. The molecule has 0 aliphatic carbocycles. The van der Waals surface area contributed by atoms with E-state index in [-0.39, 0.29) is 11.3 Å². The SMILES string of the molecule is Cc1ccc(-c2nc3cc(Cl)ccc3o2)cc1NC(=O)c1ccccc1[N+](=O)[O-]. The summed E-state index contributed by atoms with van der Waals surface area (Å²) in [4.78, 5) is 27.7. The Morgan fingerprint density at radius 3 is 2.72 bits per heavy atom. The summed E-state index contributed by atoms with van der Waals surface area (Å²) in [6.07, 6.45) is 0. The molecule has 8 heteroatoms. The summed E-state index contributed by atoms with van der Waals surface area (Å²) in [5.41, 5.74) is 2.90. The largest absolute Gasteiger partial charge is 0.436 e. The topological polar surface area (TPSA) is 98.3 Å². The molecule has 0 aliphatic heterocycles. The molecule has 0 radical (unpaired) electrons. The molecule has 0 saturated heterocycles. The molecule has 29 heavy (non-hydrogen) atoms. The van der Waals surface area contributed by atoms with Crippen molar-refractivity contribution in [1.29, 1.82) is 0 Å². The Labute approximate surface area is 170 Å². The number of carbonyl (C=O) groups excluding carboxylic acids is 1. The zero-order valence-electron chi connectivity index (χ0n) is 15.2. The third-order valence-corrected chi connectivity index (χ3v) is 4.66. The summed E-state index contributed by atoms with van der Waals surface area (Å²) in [5, 5.41) is 14.5. The summed E-state index contributed by atoms with van der Waals surface area (Å²) >= 11 is 5.99. The Morgan fingerprint density at radius 1 is 1.14 bits per heavy atom. The number of carbonyl (C=O) groups is 1. The first kappa shape index (κ1) is 18.6. The summed E-state index contributed by atoms with van der Waals surface area (Å²) in [6, 6.07) is 16.3. The lowest BCUT2D eigenvalue weighted by Crippen LogP contribution is -2.14. The van der Waals surface area contributed by atoms with Gasteiger partial charge in [-0.3, -0.25) is 14.9 Å². The van der Waals surface area contributed by atoms with E-state index in [1.165, 1.54) is 18.2 Å². The summed E-state index contributed by atoms with van der Waals surface area (Å²) < 4.78 is 5.77. The van der Waals surface area contributed by atoms with Crippen LogP contribution in [0.4, 0.5) is 11.4 Å². The molecule has 1 amide bonds. The van der Waals surface area contributed by atoms with Crippen LogP contribution in [-0.2, 0) is 0 Å². The highest BCUT2D eigenvalue weighted by atomic mass is 35.5. The van der Waals surface area contributed by atoms with E-state index in [4.69, 9.17) is 16.0 Å². The highest BCUT2D eigenvalue weighted by molar-refractivity contribution is 6.31. The Morgan fingerprint density at radius 2 is 1.93 bits per heavy atom. The monoisotopic (exact) mass is 407 g/mol. The maximum absolute atomic E-state index is 12.6. The van der Waals surface area contributed by atoms with Crippen molar-refractivity contribution < 1.29 is 14.1 Å². The van der Waals surface area contributed by atoms with Crippen molar-refractivity contribution in [2.45, 2.75) is 6.92 Å². The fourth-order valence-electron chi connectivity index (χ4n) is 2.93. The van der Waals surface area contributed by atoms with Gasteiger partial charge in [0.1, 0.15) is 11.1 Å². The maximum atomic E-state index is 12.6. The average Bonchev–Trinajstić information content (AvgIpc) is 3.12. The number of nitrogens with one attached hydrogen (secondary N) is 1. The van der Waals surface area contributed by atoms with Gasteiger partial charge in [-0.1, -0.05) is 29.8 Å². The number of anilines is 1. The highest BCUT2D eigenvalue weighted by Crippen LogP contribution is 2.29. The Bertz CT molecular complexity index is 1270. The van der Waals surface area contributed by atoms with E-state index in [0.29, 0.717) is 33.3 Å². The number of aromatic nitrogens is 1. The molecule has 144 valence electrons. The molecule has 1 aromatic heterocycles. The van der Waals surface area contributed by atoms with Crippen LogP contribution in [-0.4, -0.2) is 15.8 Å². The molecule has 4 aromatic rings. The lowest BCUT2D eigenvalue weighted by molar-refractivity contribution is -0.385. The number of amides is 1. The third kappa shape index (κ3) is 3.68. The van der Waals surface area contributed by atoms with E-state index < -0.39 is 10.8 Å². The van der Waals surface area contributed by atoms with E-state index in [1.807, 2.05) is 19.1 Å². The van der Waals surface area contributed by atoms with E-state index >= 15 is 0 Å². The Kier molecular flexibility index (Phi) is 4.74. The van der Waals surface area contributed by atoms with Gasteiger partial charge in [0.25, 0.3) is 11.6 Å². The van der Waals surface area contributed by atoms with Crippen LogP contribution in [0.3, 0.4) is 0 Å². The smallest absolute Gasteiger partial charge is 0.282 e. The van der Waals surface area contributed by atoms with Gasteiger partial charge < -0.3 is 9.73 Å². The second-order valence-electron chi connectivity index (χ2n) is 6.39. The van der Waals surface area contributed by atoms with Crippen molar-refractivity contribution in [3.05, 3.63) is 86.9 Å². The average molecular weight is 408 g/mol. The van der Waals surface area contributed by atoms with Gasteiger partial charge >= 0.3 is 0 Å². The molecule has 7 nitrogen and oxygen atoms in total. The first-order chi connectivity index (χ1) is 13.9. The fraction of sp³-hybridized carbons (Fsp3) is 0.0476. The lowest BCUT2D eigenvalue weighted by atomic mass is 10.1. The molecule has 4 rings (SSSR count). The minimum Gasteiger partial charge on any atom is -0.436 e. The molecule has 0 fully saturated rings. The van der Waals surface area contributed by atoms with Crippen LogP contribution in [0.25, 0.3) is 22.6 Å². The number of hydrogen-bond donors (Lipinski definition) is 1. The molecule has 0 bridgehead atoms. The van der Waals surface area contributed by atoms with Crippen LogP contribution in [0.15, 0.2) is 65.1 Å². The summed E-state index contributed by atoms with van der Waals surface area (Å²) in [6.45, 7) is 1.82. The van der Waals surface area contributed by atoms with Crippen molar-refractivity contribution in [3.63, 3.8) is 0 Å². The maximum Gasteiger partial charge on any atom is 0.282 e. The first-order valence-corrected chi connectivity index (χ1v) is 9.02. The number of nitrogens with zero attached hydrogens (tertiary/aromatic N) is 2. The second kappa shape index (κ2) is 7.37. The van der Waals surface area contributed by atoms with Crippen LogP contribution in [0.5, 0.6) is 0 Å². The molecule has 3 aromatic carbocycles. The van der Waals surface area contributed by atoms with E-state index in [1.54, 1.807) is 30.3 Å². The van der Waals surface area contributed by atoms with E-state index in [9.17, 15) is 14.9 Å². The third-order valence-electron chi connectivity index (χ3n) is 4.43. The lowest BCUT2D eigenvalue weighted by Gasteiger charge is -2.10. The van der Waals surface area contributed by atoms with E-state index in [2.05, 4.69) is 10.3 Å². The number of aryl methyl sites for hydroxylation is 1. The molecule has 1 N–H and O–H groups in total. The summed E-state index contributed by atoms with van der Waals surface area (Å²) in [7, 11) is 0. The molecule has 1 heterocycles. The minimum atomic E-state index is -0.582. The number of nitro groups is 1. The number of fused-ring (bicyclic) bond motifs is 1. The number of hydrogen-bond acceptors (Lipinski definition) is 5. The zero-order valence-corrected chi connectivity index (χ0v) is 15.9. The molecule has 0 saturated carbocycles. The van der Waals surface area contributed by atoms with Crippen LogP contribution < -0.4 is 5.32 Å². The second-order valence-corrected chi connectivity index (χ2v) is 6.83. The molecular weight excluding hydrogens is 394 g/mol. The van der Waals surface area contributed by atoms with Gasteiger partial charge in [0.2, 0.25) is 5.89 Å². The number of benzene rings is 3. The van der Waals surface area contributed by atoms with Gasteiger partial charge in [0.05, 0.1) is 4.92 Å². The summed E-state index contributed by atoms with van der Waals surface area (Å²) in [5.74, 6) is -0.189. The number of rotatable bonds is 4. The Hall–Kier alpha value is -3.71. The van der Waals surface area contributed by atoms with Crippen LogP contribution in [0.1, 0.15) is 15.9 Å². The van der Waals surface area contributed by atoms with Crippen molar-refractivity contribution in [3.8, 4) is 11.5 Å². The van der Waals surface area contributed by atoms with Crippen molar-refractivity contribution in [2.24, 2.45) is 0 Å². The standard InChI is InChI=1S/C21H14ClN3O4/c1-12-6-7-13(21-24-17-11-14(22)8-9-19(17)29-21)10-16(12)23-20(26)15-4-2-3-5-18(15)25(27)28/h2-11H,1H3,(H,23,26). The van der Waals surface area contributed by atoms with Gasteiger partial charge in [0.15, 0.2) is 5.58 Å². The first-order valence-electron chi connectivity index (χ1n) is 8.64. The predicted octanol–water partition coefficient (Wildman–Crippen LogP) is 5.62. The molecule has 0 unspecified atom stereocenters. The fourth-order valence-corrected chi connectivity index (χ4v) is 3.09. The van der Waals surface area contributed by atoms with Gasteiger partial charge in [-0.2, -0.15) is 0 Å². The van der Waals surface area contributed by atoms with Gasteiger partial charge in [-0.15, -0.1) is 0 Å². The van der Waals surface area contributed by atoms with Crippen LogP contribution in [0, 0.1) is 17.0 Å². The van der Waals surface area contributed by atoms with Gasteiger partial charge in [-0.25, -0.2) is 4.98 Å². The molecule has 0 aliphatic rings. The molecular formula is C21H14ClN3O4.